The van der Waals surface area contributed by atoms with Gasteiger partial charge in [0.2, 0.25) is 0 Å². The molecule has 2 aromatic rings. The van der Waals surface area contributed by atoms with E-state index in [4.69, 9.17) is 14.3 Å². The van der Waals surface area contributed by atoms with Crippen molar-refractivity contribution in [3.05, 3.63) is 59.2 Å². The minimum absolute atomic E-state index is 0.0688. The van der Waals surface area contributed by atoms with Crippen LogP contribution in [0.4, 0.5) is 0 Å². The van der Waals surface area contributed by atoms with Gasteiger partial charge < -0.3 is 19.6 Å². The van der Waals surface area contributed by atoms with Crippen molar-refractivity contribution in [2.75, 3.05) is 20.8 Å². The molecule has 1 amide bonds. The molecule has 0 aliphatic heterocycles. The average Bonchev–Trinajstić information content (AvgIpc) is 2.67. The summed E-state index contributed by atoms with van der Waals surface area (Å²) in [6, 6.07) is 13.3. The molecule has 0 heterocycles. The number of nitrogens with one attached hydrogen (secondary N) is 1. The zero-order valence-electron chi connectivity index (χ0n) is 17.1. The topological polar surface area (TPSA) is 69.2 Å². The average molecular weight is 384 g/mol. The summed E-state index contributed by atoms with van der Waals surface area (Å²) < 4.78 is 11.1. The lowest BCUT2D eigenvalue weighted by Crippen LogP contribution is -2.33. The normalized spacial score (nSPS) is 11.3. The summed E-state index contributed by atoms with van der Waals surface area (Å²) in [5, 5.41) is 6.78. The molecule has 0 spiro atoms. The quantitative estimate of drug-likeness (QED) is 0.531. The molecular formula is C22H28N2O4. The Balaban J connectivity index is 2.00. The molecule has 2 aromatic carbocycles. The molecule has 6 heteroatoms. The molecule has 0 saturated heterocycles. The minimum atomic E-state index is -0.280. The summed E-state index contributed by atoms with van der Waals surface area (Å²) in [5.74, 6) is 1.11. The van der Waals surface area contributed by atoms with Crippen LogP contribution in [0.5, 0.6) is 11.5 Å². The maximum Gasteiger partial charge on any atom is 0.273 e. The predicted molar refractivity (Wildman–Crippen MR) is 110 cm³/mol. The Morgan fingerprint density at radius 3 is 2.39 bits per heavy atom. The van der Waals surface area contributed by atoms with Crippen molar-refractivity contribution < 1.29 is 19.1 Å². The summed E-state index contributed by atoms with van der Waals surface area (Å²) >= 11 is 0. The first-order chi connectivity index (χ1) is 13.4. The Bertz CT molecular complexity index is 814. The van der Waals surface area contributed by atoms with Gasteiger partial charge in [0.25, 0.3) is 5.91 Å². The molecule has 0 unspecified atom stereocenters. The lowest BCUT2D eigenvalue weighted by atomic mass is 10.1. The fraction of sp³-hybridized carbons (Fsp3) is 0.364. The standard InChI is InChI=1S/C22H28N2O4/c1-15(2)28-19-11-8-17(14-20(19)26-4)12-13-23-22(25)21(24-27-5)18-9-6-16(3)7-10-18/h6-11,14-15H,12-13H2,1-5H3,(H,23,25)/b24-21-. The van der Waals surface area contributed by atoms with E-state index in [9.17, 15) is 4.79 Å². The molecule has 0 saturated carbocycles. The Kier molecular flexibility index (Phi) is 7.87. The highest BCUT2D eigenvalue weighted by Crippen LogP contribution is 2.29. The summed E-state index contributed by atoms with van der Waals surface area (Å²) in [7, 11) is 3.04. The molecule has 0 fully saturated rings. The van der Waals surface area contributed by atoms with E-state index < -0.39 is 0 Å². The molecule has 0 aliphatic rings. The molecule has 150 valence electrons. The monoisotopic (exact) mass is 384 g/mol. The number of amides is 1. The second kappa shape index (κ2) is 10.3. The van der Waals surface area contributed by atoms with Gasteiger partial charge in [-0.2, -0.15) is 0 Å². The molecule has 0 aliphatic carbocycles. The van der Waals surface area contributed by atoms with Crippen LogP contribution in [-0.2, 0) is 16.1 Å². The van der Waals surface area contributed by atoms with Gasteiger partial charge in [-0.3, -0.25) is 4.79 Å². The van der Waals surface area contributed by atoms with E-state index in [0.717, 1.165) is 11.1 Å². The zero-order chi connectivity index (χ0) is 20.5. The zero-order valence-corrected chi connectivity index (χ0v) is 17.1. The van der Waals surface area contributed by atoms with Crippen molar-refractivity contribution in [2.45, 2.75) is 33.3 Å². The van der Waals surface area contributed by atoms with E-state index in [0.29, 0.717) is 30.0 Å². The molecule has 0 bridgehead atoms. The van der Waals surface area contributed by atoms with Crippen molar-refractivity contribution >= 4 is 11.6 Å². The number of hydrogen-bond donors (Lipinski definition) is 1. The third kappa shape index (κ3) is 6.01. The van der Waals surface area contributed by atoms with Gasteiger partial charge >= 0.3 is 0 Å². The molecule has 0 atom stereocenters. The largest absolute Gasteiger partial charge is 0.493 e. The molecule has 0 radical (unpaired) electrons. The van der Waals surface area contributed by atoms with Crippen LogP contribution in [-0.4, -0.2) is 38.5 Å². The van der Waals surface area contributed by atoms with E-state index in [1.165, 1.54) is 7.11 Å². The molecular weight excluding hydrogens is 356 g/mol. The molecule has 0 aromatic heterocycles. The molecule has 6 nitrogen and oxygen atoms in total. The summed E-state index contributed by atoms with van der Waals surface area (Å²) in [6.07, 6.45) is 0.720. The SMILES string of the molecule is CO/N=C(\C(=O)NCCc1ccc(OC(C)C)c(OC)c1)c1ccc(C)cc1. The van der Waals surface area contributed by atoms with Crippen molar-refractivity contribution in [3.8, 4) is 11.5 Å². The predicted octanol–water partition coefficient (Wildman–Crippen LogP) is 3.50. The number of carbonyl (C=O) groups excluding carboxylic acids is 1. The van der Waals surface area contributed by atoms with Gasteiger partial charge in [0.05, 0.1) is 13.2 Å². The van der Waals surface area contributed by atoms with Crippen LogP contribution < -0.4 is 14.8 Å². The Morgan fingerprint density at radius 2 is 1.79 bits per heavy atom. The first kappa shape index (κ1) is 21.3. The first-order valence-electron chi connectivity index (χ1n) is 9.24. The Hall–Kier alpha value is -3.02. The third-order valence-corrected chi connectivity index (χ3v) is 4.01. The van der Waals surface area contributed by atoms with Gasteiger partial charge in [-0.25, -0.2) is 0 Å². The van der Waals surface area contributed by atoms with Crippen molar-refractivity contribution in [2.24, 2.45) is 5.16 Å². The number of nitrogens with zero attached hydrogens (tertiary/aromatic N) is 1. The van der Waals surface area contributed by atoms with E-state index in [-0.39, 0.29) is 17.7 Å². The fourth-order valence-electron chi connectivity index (χ4n) is 2.65. The highest BCUT2D eigenvalue weighted by atomic mass is 16.6. The number of ether oxygens (including phenoxy) is 2. The van der Waals surface area contributed by atoms with Gasteiger partial charge in [-0.15, -0.1) is 0 Å². The fourth-order valence-corrected chi connectivity index (χ4v) is 2.65. The smallest absolute Gasteiger partial charge is 0.273 e. The number of oxime groups is 1. The van der Waals surface area contributed by atoms with Crippen molar-refractivity contribution in [1.29, 1.82) is 0 Å². The second-order valence-corrected chi connectivity index (χ2v) is 6.65. The maximum absolute atomic E-state index is 12.5. The second-order valence-electron chi connectivity index (χ2n) is 6.65. The number of methoxy groups -OCH3 is 1. The van der Waals surface area contributed by atoms with Crippen LogP contribution in [0.3, 0.4) is 0 Å². The molecule has 2 rings (SSSR count). The van der Waals surface area contributed by atoms with Crippen LogP contribution in [0.1, 0.15) is 30.5 Å². The number of rotatable bonds is 9. The van der Waals surface area contributed by atoms with Gasteiger partial charge in [0.15, 0.2) is 17.2 Å². The minimum Gasteiger partial charge on any atom is -0.493 e. The number of hydrogen-bond acceptors (Lipinski definition) is 5. The third-order valence-electron chi connectivity index (χ3n) is 4.01. The van der Waals surface area contributed by atoms with Crippen molar-refractivity contribution in [1.82, 2.24) is 5.32 Å². The summed E-state index contributed by atoms with van der Waals surface area (Å²) in [4.78, 5) is 17.4. The summed E-state index contributed by atoms with van der Waals surface area (Å²) in [6.45, 7) is 6.38. The number of carbonyl (C=O) groups is 1. The van der Waals surface area contributed by atoms with Crippen LogP contribution in [0, 0.1) is 6.92 Å². The molecule has 1 N–H and O–H groups in total. The van der Waals surface area contributed by atoms with Crippen molar-refractivity contribution in [3.63, 3.8) is 0 Å². The van der Waals surface area contributed by atoms with E-state index in [2.05, 4.69) is 10.5 Å². The lowest BCUT2D eigenvalue weighted by molar-refractivity contribution is -0.114. The van der Waals surface area contributed by atoms with Gasteiger partial charge in [0, 0.05) is 12.1 Å². The van der Waals surface area contributed by atoms with E-state index in [1.54, 1.807) is 7.11 Å². The van der Waals surface area contributed by atoms with Gasteiger partial charge in [-0.05, 0) is 44.9 Å². The van der Waals surface area contributed by atoms with Gasteiger partial charge in [-0.1, -0.05) is 41.1 Å². The van der Waals surface area contributed by atoms with E-state index >= 15 is 0 Å². The first-order valence-corrected chi connectivity index (χ1v) is 9.24. The van der Waals surface area contributed by atoms with Crippen LogP contribution >= 0.6 is 0 Å². The molecule has 28 heavy (non-hydrogen) atoms. The Morgan fingerprint density at radius 1 is 1.07 bits per heavy atom. The highest BCUT2D eigenvalue weighted by Gasteiger charge is 2.15. The number of benzene rings is 2. The number of aryl methyl sites for hydroxylation is 1. The van der Waals surface area contributed by atoms with E-state index in [1.807, 2.05) is 63.2 Å². The van der Waals surface area contributed by atoms with Crippen LogP contribution in [0.2, 0.25) is 0 Å². The maximum atomic E-state index is 12.5. The highest BCUT2D eigenvalue weighted by molar-refractivity contribution is 6.45. The summed E-state index contributed by atoms with van der Waals surface area (Å²) in [5.41, 5.74) is 3.11. The van der Waals surface area contributed by atoms with Crippen LogP contribution in [0.15, 0.2) is 47.6 Å². The van der Waals surface area contributed by atoms with Gasteiger partial charge in [0.1, 0.15) is 7.11 Å². The Labute approximate surface area is 166 Å². The lowest BCUT2D eigenvalue weighted by Gasteiger charge is -2.14. The van der Waals surface area contributed by atoms with Crippen LogP contribution in [0.25, 0.3) is 0 Å².